The summed E-state index contributed by atoms with van der Waals surface area (Å²) in [4.78, 5) is 24.0. The summed E-state index contributed by atoms with van der Waals surface area (Å²) < 4.78 is 0. The minimum absolute atomic E-state index is 0.0850. The largest absolute Gasteiger partial charge is 0.273 e. The third-order valence-corrected chi connectivity index (χ3v) is 5.27. The fraction of sp³-hybridized carbons (Fsp3) is 0.250. The van der Waals surface area contributed by atoms with Crippen LogP contribution in [0.5, 0.6) is 0 Å². The van der Waals surface area contributed by atoms with Crippen LogP contribution >= 0.6 is 11.8 Å². The Balaban J connectivity index is 1.96. The van der Waals surface area contributed by atoms with Crippen LogP contribution in [0.3, 0.4) is 0 Å². The van der Waals surface area contributed by atoms with E-state index in [1.807, 2.05) is 48.5 Å². The van der Waals surface area contributed by atoms with Gasteiger partial charge in [0.2, 0.25) is 5.91 Å². The predicted molar refractivity (Wildman–Crippen MR) is 106 cm³/mol. The van der Waals surface area contributed by atoms with Gasteiger partial charge in [-0.2, -0.15) is 0 Å². The van der Waals surface area contributed by atoms with Crippen LogP contribution in [0.25, 0.3) is 21.8 Å². The lowest BCUT2D eigenvalue weighted by Crippen LogP contribution is -2.30. The van der Waals surface area contributed by atoms with E-state index in [1.165, 1.54) is 11.8 Å². The number of unbranched alkanes of at least 4 members (excludes halogenated alkanes) is 1. The van der Waals surface area contributed by atoms with Crippen LogP contribution in [0.2, 0.25) is 0 Å². The number of hydrogen-bond donors (Lipinski definition) is 0. The van der Waals surface area contributed by atoms with E-state index in [0.717, 1.165) is 52.0 Å². The Morgan fingerprint density at radius 2 is 1.72 bits per heavy atom. The molecule has 3 aromatic rings. The molecule has 0 N–H and O–H groups in total. The molecule has 0 saturated carbocycles. The number of rotatable bonds is 4. The molecule has 2 heterocycles. The van der Waals surface area contributed by atoms with Crippen molar-refractivity contribution in [2.24, 2.45) is 4.99 Å². The van der Waals surface area contributed by atoms with Gasteiger partial charge in [-0.25, -0.2) is 4.98 Å². The van der Waals surface area contributed by atoms with Crippen molar-refractivity contribution in [2.45, 2.75) is 19.8 Å². The fourth-order valence-corrected chi connectivity index (χ4v) is 3.98. The third kappa shape index (κ3) is 2.89. The summed E-state index contributed by atoms with van der Waals surface area (Å²) in [6.45, 7) is 2.90. The summed E-state index contributed by atoms with van der Waals surface area (Å²) in [5.41, 5.74) is 2.70. The second-order valence-electron chi connectivity index (χ2n) is 6.03. The molecule has 1 aliphatic rings. The summed E-state index contributed by atoms with van der Waals surface area (Å²) in [5.74, 6) is 0.525. The van der Waals surface area contributed by atoms with Gasteiger partial charge in [-0.05, 0) is 18.6 Å². The Morgan fingerprint density at radius 1 is 1.08 bits per heavy atom. The van der Waals surface area contributed by atoms with Gasteiger partial charge in [0.15, 0.2) is 5.17 Å². The highest BCUT2D eigenvalue weighted by molar-refractivity contribution is 8.15. The maximum absolute atomic E-state index is 12.7. The SMILES string of the molecule is CCCCN=C1SCC(=O)N1c1c2ccccc2nc2ccccc12. The second kappa shape index (κ2) is 6.84. The van der Waals surface area contributed by atoms with Crippen LogP contribution in [0.4, 0.5) is 5.69 Å². The maximum Gasteiger partial charge on any atom is 0.243 e. The van der Waals surface area contributed by atoms with Gasteiger partial charge in [0.1, 0.15) is 0 Å². The highest BCUT2D eigenvalue weighted by Crippen LogP contribution is 2.37. The van der Waals surface area contributed by atoms with Crippen LogP contribution in [-0.2, 0) is 4.79 Å². The van der Waals surface area contributed by atoms with E-state index >= 15 is 0 Å². The average molecular weight is 349 g/mol. The molecule has 5 heteroatoms. The van der Waals surface area contributed by atoms with E-state index < -0.39 is 0 Å². The van der Waals surface area contributed by atoms with E-state index in [2.05, 4.69) is 6.92 Å². The lowest BCUT2D eigenvalue weighted by molar-refractivity contribution is -0.115. The average Bonchev–Trinajstić information content (AvgIpc) is 3.00. The van der Waals surface area contributed by atoms with Gasteiger partial charge in [0.25, 0.3) is 0 Å². The summed E-state index contributed by atoms with van der Waals surface area (Å²) in [5, 5.41) is 2.78. The zero-order valence-electron chi connectivity index (χ0n) is 14.1. The quantitative estimate of drug-likeness (QED) is 0.510. The Bertz CT molecular complexity index is 929. The first-order valence-corrected chi connectivity index (χ1v) is 9.56. The van der Waals surface area contributed by atoms with Crippen molar-refractivity contribution in [3.05, 3.63) is 48.5 Å². The zero-order chi connectivity index (χ0) is 17.2. The molecule has 1 fully saturated rings. The minimum atomic E-state index is 0.0850. The topological polar surface area (TPSA) is 45.6 Å². The van der Waals surface area contributed by atoms with Crippen molar-refractivity contribution in [3.8, 4) is 0 Å². The van der Waals surface area contributed by atoms with Crippen molar-refractivity contribution in [1.29, 1.82) is 0 Å². The first kappa shape index (κ1) is 16.1. The maximum atomic E-state index is 12.7. The van der Waals surface area contributed by atoms with Crippen LogP contribution < -0.4 is 4.90 Å². The summed E-state index contributed by atoms with van der Waals surface area (Å²) in [7, 11) is 0. The van der Waals surface area contributed by atoms with Crippen molar-refractivity contribution < 1.29 is 4.79 Å². The number of aliphatic imine (C=N–C) groups is 1. The number of aromatic nitrogens is 1. The van der Waals surface area contributed by atoms with E-state index in [0.29, 0.717) is 5.75 Å². The molecular weight excluding hydrogens is 330 g/mol. The third-order valence-electron chi connectivity index (χ3n) is 4.31. The first-order valence-electron chi connectivity index (χ1n) is 8.57. The number of thioether (sulfide) groups is 1. The van der Waals surface area contributed by atoms with Crippen molar-refractivity contribution in [1.82, 2.24) is 4.98 Å². The Morgan fingerprint density at radius 3 is 2.36 bits per heavy atom. The summed E-state index contributed by atoms with van der Waals surface area (Å²) in [6.07, 6.45) is 2.13. The minimum Gasteiger partial charge on any atom is -0.273 e. The number of para-hydroxylation sites is 2. The van der Waals surface area contributed by atoms with Crippen molar-refractivity contribution in [3.63, 3.8) is 0 Å². The van der Waals surface area contributed by atoms with Crippen LogP contribution in [0.1, 0.15) is 19.8 Å². The summed E-state index contributed by atoms with van der Waals surface area (Å²) in [6, 6.07) is 16.0. The van der Waals surface area contributed by atoms with Crippen LogP contribution in [0.15, 0.2) is 53.5 Å². The number of nitrogens with zero attached hydrogens (tertiary/aromatic N) is 3. The van der Waals surface area contributed by atoms with Gasteiger partial charge in [-0.15, -0.1) is 0 Å². The second-order valence-corrected chi connectivity index (χ2v) is 6.97. The standard InChI is InChI=1S/C20H19N3OS/c1-2-3-12-21-20-23(18(24)13-25-20)19-14-8-4-6-10-16(14)22-17-11-7-5-9-15(17)19/h4-11H,2-3,12-13H2,1H3. The molecule has 1 aliphatic heterocycles. The van der Waals surface area contributed by atoms with E-state index in [-0.39, 0.29) is 5.91 Å². The lowest BCUT2D eigenvalue weighted by Gasteiger charge is -2.20. The highest BCUT2D eigenvalue weighted by Gasteiger charge is 2.32. The number of benzene rings is 2. The number of carbonyl (C=O) groups is 1. The molecule has 1 aromatic heterocycles. The predicted octanol–water partition coefficient (Wildman–Crippen LogP) is 4.62. The molecule has 25 heavy (non-hydrogen) atoms. The number of amides is 1. The van der Waals surface area contributed by atoms with Gasteiger partial charge in [-0.3, -0.25) is 14.7 Å². The molecule has 4 rings (SSSR count). The van der Waals surface area contributed by atoms with Gasteiger partial charge >= 0.3 is 0 Å². The van der Waals surface area contributed by atoms with Crippen molar-refractivity contribution in [2.75, 3.05) is 17.2 Å². The molecule has 0 bridgehead atoms. The lowest BCUT2D eigenvalue weighted by atomic mass is 10.1. The Kier molecular flexibility index (Phi) is 4.40. The Labute approximate surface area is 151 Å². The van der Waals surface area contributed by atoms with Gasteiger partial charge in [-0.1, -0.05) is 61.5 Å². The normalized spacial score (nSPS) is 16.4. The number of hydrogen-bond acceptors (Lipinski definition) is 4. The van der Waals surface area contributed by atoms with E-state index in [9.17, 15) is 4.79 Å². The molecule has 126 valence electrons. The molecule has 0 unspecified atom stereocenters. The molecule has 0 radical (unpaired) electrons. The fourth-order valence-electron chi connectivity index (χ4n) is 3.09. The molecule has 2 aromatic carbocycles. The number of fused-ring (bicyclic) bond motifs is 2. The smallest absolute Gasteiger partial charge is 0.243 e. The molecule has 1 saturated heterocycles. The first-order chi connectivity index (χ1) is 12.3. The van der Waals surface area contributed by atoms with Crippen molar-refractivity contribution >= 4 is 50.3 Å². The van der Waals surface area contributed by atoms with Gasteiger partial charge in [0.05, 0.1) is 22.5 Å². The number of carbonyl (C=O) groups excluding carboxylic acids is 1. The molecular formula is C20H19N3OS. The number of amidine groups is 1. The molecule has 4 nitrogen and oxygen atoms in total. The summed E-state index contributed by atoms with van der Waals surface area (Å²) >= 11 is 1.53. The molecule has 1 amide bonds. The van der Waals surface area contributed by atoms with E-state index in [4.69, 9.17) is 9.98 Å². The zero-order valence-corrected chi connectivity index (χ0v) is 14.9. The molecule has 0 spiro atoms. The number of anilines is 1. The van der Waals surface area contributed by atoms with Crippen LogP contribution in [-0.4, -0.2) is 28.4 Å². The monoisotopic (exact) mass is 349 g/mol. The molecule has 0 atom stereocenters. The van der Waals surface area contributed by atoms with E-state index in [1.54, 1.807) is 4.90 Å². The molecule has 0 aliphatic carbocycles. The van der Waals surface area contributed by atoms with Crippen LogP contribution in [0, 0.1) is 0 Å². The Hall–Kier alpha value is -2.40. The highest BCUT2D eigenvalue weighted by atomic mass is 32.2. The number of pyridine rings is 1. The van der Waals surface area contributed by atoms with Gasteiger partial charge in [0, 0.05) is 17.3 Å². The van der Waals surface area contributed by atoms with Gasteiger partial charge < -0.3 is 0 Å².